The van der Waals surface area contributed by atoms with E-state index in [1.807, 2.05) is 0 Å². The van der Waals surface area contributed by atoms with Gasteiger partial charge in [0.15, 0.2) is 0 Å². The Balaban J connectivity index is 1.99. The van der Waals surface area contributed by atoms with E-state index < -0.39 is 0 Å². The molecule has 98 valence electrons. The summed E-state index contributed by atoms with van der Waals surface area (Å²) in [7, 11) is 1.60. The van der Waals surface area contributed by atoms with Gasteiger partial charge in [0.05, 0.1) is 6.61 Å². The number of amides is 1. The second-order valence-electron chi connectivity index (χ2n) is 4.20. The number of rotatable bonds is 5. The molecule has 1 aliphatic rings. The molecule has 0 bridgehead atoms. The summed E-state index contributed by atoms with van der Waals surface area (Å²) in [6.45, 7) is 2.98. The van der Waals surface area contributed by atoms with Crippen molar-refractivity contribution in [3.05, 3.63) is 18.1 Å². The Morgan fingerprint density at radius 2 is 2.22 bits per heavy atom. The molecule has 0 saturated carbocycles. The van der Waals surface area contributed by atoms with E-state index in [9.17, 15) is 4.79 Å². The van der Waals surface area contributed by atoms with E-state index in [-0.39, 0.29) is 5.91 Å². The van der Waals surface area contributed by atoms with Gasteiger partial charge in [-0.2, -0.15) is 0 Å². The van der Waals surface area contributed by atoms with Crippen LogP contribution in [-0.4, -0.2) is 49.2 Å². The van der Waals surface area contributed by atoms with Crippen molar-refractivity contribution < 1.29 is 9.53 Å². The van der Waals surface area contributed by atoms with Crippen LogP contribution >= 0.6 is 0 Å². The Kier molecular flexibility index (Phi) is 4.46. The van der Waals surface area contributed by atoms with Gasteiger partial charge in [-0.25, -0.2) is 9.97 Å². The third kappa shape index (κ3) is 3.16. The van der Waals surface area contributed by atoms with Crippen LogP contribution < -0.4 is 10.2 Å². The van der Waals surface area contributed by atoms with Gasteiger partial charge in [0.1, 0.15) is 17.8 Å². The Bertz CT molecular complexity index is 405. The first-order valence-corrected chi connectivity index (χ1v) is 6.15. The zero-order valence-electron chi connectivity index (χ0n) is 10.6. The monoisotopic (exact) mass is 250 g/mol. The van der Waals surface area contributed by atoms with Crippen LogP contribution in [0.5, 0.6) is 0 Å². The minimum absolute atomic E-state index is 0.185. The zero-order valence-corrected chi connectivity index (χ0v) is 10.6. The molecule has 1 aromatic heterocycles. The molecule has 2 rings (SSSR count). The van der Waals surface area contributed by atoms with Crippen LogP contribution in [0.25, 0.3) is 0 Å². The van der Waals surface area contributed by atoms with E-state index in [1.54, 1.807) is 13.2 Å². The summed E-state index contributed by atoms with van der Waals surface area (Å²) >= 11 is 0. The largest absolute Gasteiger partial charge is 0.383 e. The Morgan fingerprint density at radius 1 is 1.44 bits per heavy atom. The van der Waals surface area contributed by atoms with Gasteiger partial charge in [-0.3, -0.25) is 4.79 Å². The smallest absolute Gasteiger partial charge is 0.270 e. The summed E-state index contributed by atoms with van der Waals surface area (Å²) in [6.07, 6.45) is 3.80. The number of nitrogens with zero attached hydrogens (tertiary/aromatic N) is 3. The maximum atomic E-state index is 11.8. The first-order valence-electron chi connectivity index (χ1n) is 6.15. The van der Waals surface area contributed by atoms with Crippen molar-refractivity contribution >= 4 is 11.7 Å². The van der Waals surface area contributed by atoms with Crippen molar-refractivity contribution in [1.29, 1.82) is 0 Å². The fourth-order valence-corrected chi connectivity index (χ4v) is 1.95. The summed E-state index contributed by atoms with van der Waals surface area (Å²) in [4.78, 5) is 22.2. The van der Waals surface area contributed by atoms with Gasteiger partial charge in [-0.15, -0.1) is 0 Å². The summed E-state index contributed by atoms with van der Waals surface area (Å²) in [5.74, 6) is 0.647. The summed E-state index contributed by atoms with van der Waals surface area (Å²) in [5, 5.41) is 2.74. The predicted octanol–water partition coefficient (Wildman–Crippen LogP) is 0.453. The molecule has 18 heavy (non-hydrogen) atoms. The van der Waals surface area contributed by atoms with Crippen molar-refractivity contribution in [2.75, 3.05) is 38.3 Å². The quantitative estimate of drug-likeness (QED) is 0.769. The number of ether oxygens (including phenoxy) is 1. The molecule has 0 aliphatic carbocycles. The highest BCUT2D eigenvalue weighted by Gasteiger charge is 2.15. The molecule has 0 spiro atoms. The van der Waals surface area contributed by atoms with E-state index >= 15 is 0 Å². The molecule has 0 radical (unpaired) electrons. The molecule has 0 unspecified atom stereocenters. The summed E-state index contributed by atoms with van der Waals surface area (Å²) < 4.78 is 4.88. The lowest BCUT2D eigenvalue weighted by Crippen LogP contribution is -2.28. The number of carbonyl (C=O) groups excluding carboxylic acids is 1. The van der Waals surface area contributed by atoms with Crippen molar-refractivity contribution in [3.63, 3.8) is 0 Å². The predicted molar refractivity (Wildman–Crippen MR) is 67.7 cm³/mol. The van der Waals surface area contributed by atoms with Gasteiger partial charge < -0.3 is 15.0 Å². The molecule has 2 heterocycles. The van der Waals surface area contributed by atoms with Gasteiger partial charge in [0.2, 0.25) is 0 Å². The van der Waals surface area contributed by atoms with Crippen molar-refractivity contribution in [2.24, 2.45) is 0 Å². The van der Waals surface area contributed by atoms with Gasteiger partial charge in [0, 0.05) is 32.8 Å². The molecular weight excluding hydrogens is 232 g/mol. The maximum Gasteiger partial charge on any atom is 0.270 e. The minimum Gasteiger partial charge on any atom is -0.383 e. The second-order valence-corrected chi connectivity index (χ2v) is 4.20. The number of nitrogens with one attached hydrogen (secondary N) is 1. The first kappa shape index (κ1) is 12.8. The van der Waals surface area contributed by atoms with Crippen LogP contribution in [0.4, 0.5) is 5.82 Å². The third-order valence-corrected chi connectivity index (χ3v) is 2.91. The minimum atomic E-state index is -0.185. The Labute approximate surface area is 106 Å². The van der Waals surface area contributed by atoms with Crippen molar-refractivity contribution in [2.45, 2.75) is 12.8 Å². The number of hydrogen-bond acceptors (Lipinski definition) is 5. The summed E-state index contributed by atoms with van der Waals surface area (Å²) in [6, 6.07) is 1.74. The second kappa shape index (κ2) is 6.30. The molecular formula is C12H18N4O2. The summed E-state index contributed by atoms with van der Waals surface area (Å²) in [5.41, 5.74) is 0.406. The lowest BCUT2D eigenvalue weighted by Gasteiger charge is -2.16. The van der Waals surface area contributed by atoms with Gasteiger partial charge >= 0.3 is 0 Å². The Morgan fingerprint density at radius 3 is 2.94 bits per heavy atom. The maximum absolute atomic E-state index is 11.8. The first-order chi connectivity index (χ1) is 8.81. The average molecular weight is 250 g/mol. The standard InChI is InChI=1S/C12H18N4O2/c1-18-7-4-13-12(17)10-8-11(15-9-14-10)16-5-2-3-6-16/h8-9H,2-7H2,1H3,(H,13,17). The number of hydrogen-bond donors (Lipinski definition) is 1. The highest BCUT2D eigenvalue weighted by molar-refractivity contribution is 5.92. The number of carbonyl (C=O) groups is 1. The highest BCUT2D eigenvalue weighted by Crippen LogP contribution is 2.17. The molecule has 0 atom stereocenters. The third-order valence-electron chi connectivity index (χ3n) is 2.91. The molecule has 1 fully saturated rings. The SMILES string of the molecule is COCCNC(=O)c1cc(N2CCCC2)ncn1. The van der Waals surface area contributed by atoms with Crippen molar-refractivity contribution in [3.8, 4) is 0 Å². The van der Waals surface area contributed by atoms with Crippen LogP contribution in [-0.2, 0) is 4.74 Å². The lowest BCUT2D eigenvalue weighted by atomic mass is 10.3. The van der Waals surface area contributed by atoms with E-state index in [2.05, 4.69) is 20.2 Å². The molecule has 1 amide bonds. The van der Waals surface area contributed by atoms with Crippen LogP contribution in [0.2, 0.25) is 0 Å². The lowest BCUT2D eigenvalue weighted by molar-refractivity contribution is 0.0932. The molecule has 1 aromatic rings. The zero-order chi connectivity index (χ0) is 12.8. The fraction of sp³-hybridized carbons (Fsp3) is 0.583. The number of aromatic nitrogens is 2. The Hall–Kier alpha value is -1.69. The van der Waals surface area contributed by atoms with Crippen molar-refractivity contribution in [1.82, 2.24) is 15.3 Å². The van der Waals surface area contributed by atoms with Crippen LogP contribution in [0.3, 0.4) is 0 Å². The fourth-order valence-electron chi connectivity index (χ4n) is 1.95. The molecule has 1 N–H and O–H groups in total. The number of anilines is 1. The van der Waals surface area contributed by atoms with Gasteiger partial charge in [-0.1, -0.05) is 0 Å². The van der Waals surface area contributed by atoms with Crippen LogP contribution in [0.1, 0.15) is 23.3 Å². The topological polar surface area (TPSA) is 67.3 Å². The van der Waals surface area contributed by atoms with Gasteiger partial charge in [0.25, 0.3) is 5.91 Å². The van der Waals surface area contributed by atoms with E-state index in [1.165, 1.54) is 19.2 Å². The van der Waals surface area contributed by atoms with Gasteiger partial charge in [-0.05, 0) is 12.8 Å². The van der Waals surface area contributed by atoms with Crippen LogP contribution in [0.15, 0.2) is 12.4 Å². The van der Waals surface area contributed by atoms with E-state index in [4.69, 9.17) is 4.74 Å². The molecule has 6 nitrogen and oxygen atoms in total. The normalized spacial score (nSPS) is 14.8. The molecule has 0 aromatic carbocycles. The highest BCUT2D eigenvalue weighted by atomic mass is 16.5. The van der Waals surface area contributed by atoms with E-state index in [0.717, 1.165) is 18.9 Å². The number of methoxy groups -OCH3 is 1. The molecule has 1 aliphatic heterocycles. The average Bonchev–Trinajstić information content (AvgIpc) is 2.93. The van der Waals surface area contributed by atoms with Crippen LogP contribution in [0, 0.1) is 0 Å². The molecule has 6 heteroatoms. The van der Waals surface area contributed by atoms with E-state index in [0.29, 0.717) is 18.8 Å². The molecule has 1 saturated heterocycles.